The zero-order valence-electron chi connectivity index (χ0n) is 23.3. The Hall–Kier alpha value is -3.32. The molecule has 3 rings (SSSR count). The Kier molecular flexibility index (Phi) is 10.2. The lowest BCUT2D eigenvalue weighted by Gasteiger charge is -2.25. The van der Waals surface area contributed by atoms with E-state index in [1.165, 1.54) is 0 Å². The van der Waals surface area contributed by atoms with Gasteiger partial charge in [0.1, 0.15) is 5.84 Å². The van der Waals surface area contributed by atoms with Gasteiger partial charge in [-0.15, -0.1) is 0 Å². The van der Waals surface area contributed by atoms with Crippen LogP contribution in [0.5, 0.6) is 23.0 Å². The van der Waals surface area contributed by atoms with E-state index in [1.807, 2.05) is 33.8 Å². The number of carbonyl (C=O) groups is 1. The Balaban J connectivity index is 1.97. The number of unbranched alkanes of at least 4 members (excludes halogenated alkanes) is 1. The number of rotatable bonds is 12. The van der Waals surface area contributed by atoms with Crippen LogP contribution in [-0.2, 0) is 12.0 Å². The van der Waals surface area contributed by atoms with Crippen LogP contribution in [0.1, 0.15) is 74.5 Å². The van der Waals surface area contributed by atoms with Crippen molar-refractivity contribution in [1.29, 1.82) is 5.26 Å². The van der Waals surface area contributed by atoms with E-state index in [9.17, 15) is 4.79 Å². The summed E-state index contributed by atoms with van der Waals surface area (Å²) in [6, 6.07) is 7.33. The van der Waals surface area contributed by atoms with Gasteiger partial charge in [-0.05, 0) is 49.4 Å². The molecule has 0 saturated heterocycles. The number of benzene rings is 2. The average molecular weight is 605 g/mol. The highest BCUT2D eigenvalue weighted by atomic mass is 79.9. The third-order valence-electron chi connectivity index (χ3n) is 6.24. The average Bonchev–Trinajstić information content (AvgIpc) is 3.24. The molecule has 10 heteroatoms. The molecule has 1 heterocycles. The van der Waals surface area contributed by atoms with Gasteiger partial charge in [-0.25, -0.2) is 4.39 Å². The second-order valence-electron chi connectivity index (χ2n) is 10.0. The highest BCUT2D eigenvalue weighted by Gasteiger charge is 2.34. The number of carbonyl (C=O) groups excluding carboxylic acids is 1. The molecular formula is C29H35BrFN3O5. The van der Waals surface area contributed by atoms with E-state index in [4.69, 9.17) is 24.2 Å². The van der Waals surface area contributed by atoms with Crippen molar-refractivity contribution in [3.63, 3.8) is 0 Å². The number of methoxy groups -OCH3 is 1. The predicted molar refractivity (Wildman–Crippen MR) is 151 cm³/mol. The summed E-state index contributed by atoms with van der Waals surface area (Å²) >= 11 is 3.13. The summed E-state index contributed by atoms with van der Waals surface area (Å²) in [5.41, 5.74) is 1.84. The van der Waals surface area contributed by atoms with Crippen molar-refractivity contribution in [2.24, 2.45) is 4.02 Å². The van der Waals surface area contributed by atoms with Crippen LogP contribution in [0.3, 0.4) is 0 Å². The molecule has 2 aromatic rings. The van der Waals surface area contributed by atoms with Crippen molar-refractivity contribution in [1.82, 2.24) is 4.90 Å². The molecule has 1 aliphatic rings. The summed E-state index contributed by atoms with van der Waals surface area (Å²) < 4.78 is 42.6. The number of hydrogen-bond donors (Lipinski definition) is 0. The fourth-order valence-electron chi connectivity index (χ4n) is 4.47. The maximum Gasteiger partial charge on any atom is 0.197 e. The Labute approximate surface area is 238 Å². The first-order valence-electron chi connectivity index (χ1n) is 12.9. The first-order chi connectivity index (χ1) is 18.6. The largest absolute Gasteiger partial charge is 0.493 e. The van der Waals surface area contributed by atoms with Crippen LogP contribution in [0.15, 0.2) is 22.2 Å². The van der Waals surface area contributed by atoms with Crippen LogP contribution in [0.2, 0.25) is 0 Å². The smallest absolute Gasteiger partial charge is 0.197 e. The van der Waals surface area contributed by atoms with Gasteiger partial charge in [0.2, 0.25) is 0 Å². The van der Waals surface area contributed by atoms with Crippen LogP contribution >= 0.6 is 16.1 Å². The molecular weight excluding hydrogens is 569 g/mol. The van der Waals surface area contributed by atoms with Crippen molar-refractivity contribution in [3.8, 4) is 29.1 Å². The van der Waals surface area contributed by atoms with Crippen LogP contribution in [-0.4, -0.2) is 50.0 Å². The highest BCUT2D eigenvalue weighted by Crippen LogP contribution is 2.41. The fraction of sp³-hybridized carbons (Fsp3) is 0.483. The van der Waals surface area contributed by atoms with Crippen LogP contribution in [0.4, 0.5) is 4.39 Å². The molecule has 0 aromatic heterocycles. The Morgan fingerprint density at radius 3 is 2.41 bits per heavy atom. The number of Topliss-reactive ketones (excluding diaryl/α,β-unsaturated/α-hetero) is 1. The third-order valence-corrected chi connectivity index (χ3v) is 6.57. The molecule has 0 unspecified atom stereocenters. The number of hydrogen-bond acceptors (Lipinski definition) is 7. The Morgan fingerprint density at radius 2 is 1.82 bits per heavy atom. The number of ether oxygens (including phenoxy) is 4. The highest BCUT2D eigenvalue weighted by molar-refractivity contribution is 9.08. The topological polar surface area (TPSA) is 93.4 Å². The normalized spacial score (nSPS) is 13.7. The lowest BCUT2D eigenvalue weighted by molar-refractivity contribution is 0.0962. The van der Waals surface area contributed by atoms with E-state index in [2.05, 4.69) is 26.2 Å². The van der Waals surface area contributed by atoms with E-state index in [1.54, 1.807) is 31.1 Å². The third kappa shape index (κ3) is 6.64. The summed E-state index contributed by atoms with van der Waals surface area (Å²) in [4.78, 5) is 15.4. The molecule has 2 aromatic carbocycles. The Bertz CT molecular complexity index is 1280. The second kappa shape index (κ2) is 13.2. The van der Waals surface area contributed by atoms with Crippen LogP contribution in [0, 0.1) is 17.1 Å². The summed E-state index contributed by atoms with van der Waals surface area (Å²) in [5, 5.41) is 8.85. The molecule has 8 nitrogen and oxygen atoms in total. The molecule has 210 valence electrons. The minimum absolute atomic E-state index is 0.0306. The van der Waals surface area contributed by atoms with Gasteiger partial charge in [-0.2, -0.15) is 9.28 Å². The number of halogens is 2. The predicted octanol–water partition coefficient (Wildman–Crippen LogP) is 6.37. The summed E-state index contributed by atoms with van der Waals surface area (Å²) in [6.45, 7) is 10.8. The minimum Gasteiger partial charge on any atom is -0.493 e. The molecule has 0 N–H and O–H groups in total. The molecule has 0 atom stereocenters. The zero-order valence-corrected chi connectivity index (χ0v) is 24.9. The second-order valence-corrected chi connectivity index (χ2v) is 10.4. The standard InChI is InChI=1S/C29H35BrFN3O5/c1-7-37-23-15-19-16-34(28(33-30)24(19)25(31)27(23)38-8-2)17-21(35)18-13-20(29(3,4)5)26(36-6)22(14-18)39-12-10-9-11-32/h13-15H,7-10,12,16-17H2,1-6H3/b33-28-. The van der Waals surface area contributed by atoms with E-state index in [0.717, 1.165) is 5.56 Å². The molecule has 0 saturated carbocycles. The molecule has 0 bridgehead atoms. The first-order valence-corrected chi connectivity index (χ1v) is 13.6. The van der Waals surface area contributed by atoms with Crippen LogP contribution < -0.4 is 18.9 Å². The van der Waals surface area contributed by atoms with Crippen LogP contribution in [0.25, 0.3) is 0 Å². The number of ketones is 1. The van der Waals surface area contributed by atoms with E-state index < -0.39 is 5.82 Å². The summed E-state index contributed by atoms with van der Waals surface area (Å²) in [7, 11) is 1.57. The number of nitriles is 1. The maximum absolute atomic E-state index is 15.6. The van der Waals surface area contributed by atoms with E-state index in [-0.39, 0.29) is 42.2 Å². The van der Waals surface area contributed by atoms with Crippen molar-refractivity contribution in [2.75, 3.05) is 33.5 Å². The maximum atomic E-state index is 15.6. The minimum atomic E-state index is -0.571. The number of fused-ring (bicyclic) bond motifs is 1. The molecule has 0 amide bonds. The van der Waals surface area contributed by atoms with Crippen molar-refractivity contribution in [3.05, 3.63) is 46.3 Å². The molecule has 1 aliphatic heterocycles. The SMILES string of the molecule is CCOc1cc2c(c(F)c1OCC)/C(=N/Br)N(CC(=O)c1cc(OCCCC#N)c(OC)c(C(C)(C)C)c1)C2. The number of nitrogens with zero attached hydrogens (tertiary/aromatic N) is 3. The van der Waals surface area contributed by atoms with Gasteiger partial charge in [0, 0.05) is 24.1 Å². The van der Waals surface area contributed by atoms with Crippen molar-refractivity contribution in [2.45, 2.75) is 59.4 Å². The molecule has 0 spiro atoms. The monoisotopic (exact) mass is 603 g/mol. The fourth-order valence-corrected chi connectivity index (χ4v) is 4.87. The van der Waals surface area contributed by atoms with Gasteiger partial charge in [0.25, 0.3) is 0 Å². The first kappa shape index (κ1) is 30.2. The quantitative estimate of drug-likeness (QED) is 0.205. The summed E-state index contributed by atoms with van der Waals surface area (Å²) in [5.74, 6) is 0.891. The van der Waals surface area contributed by atoms with Crippen molar-refractivity contribution >= 4 is 27.8 Å². The zero-order chi connectivity index (χ0) is 28.7. The number of amidine groups is 1. The van der Waals surface area contributed by atoms with E-state index in [0.29, 0.717) is 60.3 Å². The summed E-state index contributed by atoms with van der Waals surface area (Å²) in [6.07, 6.45) is 0.919. The van der Waals surface area contributed by atoms with Gasteiger partial charge >= 0.3 is 0 Å². The molecule has 0 fully saturated rings. The molecule has 0 aliphatic carbocycles. The lowest BCUT2D eigenvalue weighted by atomic mass is 9.84. The Morgan fingerprint density at radius 1 is 1.13 bits per heavy atom. The van der Waals surface area contributed by atoms with Crippen molar-refractivity contribution < 1.29 is 28.1 Å². The van der Waals surface area contributed by atoms with Gasteiger partial charge in [-0.1, -0.05) is 20.8 Å². The van der Waals surface area contributed by atoms with Gasteiger partial charge < -0.3 is 23.8 Å². The molecule has 0 radical (unpaired) electrons. The van der Waals surface area contributed by atoms with Gasteiger partial charge in [0.15, 0.2) is 34.6 Å². The van der Waals surface area contributed by atoms with Gasteiger partial charge in [0.05, 0.1) is 61.3 Å². The van der Waals surface area contributed by atoms with E-state index >= 15 is 4.39 Å². The lowest BCUT2D eigenvalue weighted by Crippen LogP contribution is -2.31. The van der Waals surface area contributed by atoms with Gasteiger partial charge in [-0.3, -0.25) is 4.79 Å². The molecule has 39 heavy (non-hydrogen) atoms.